The number of allylic oxidation sites excluding steroid dienone is 1. The first-order chi connectivity index (χ1) is 28.8. The van der Waals surface area contributed by atoms with Crippen molar-refractivity contribution in [1.29, 1.82) is 0 Å². The fourth-order valence-corrected chi connectivity index (χ4v) is 12.7. The molecule has 2 unspecified atom stereocenters. The molecule has 5 aliphatic rings. The van der Waals surface area contributed by atoms with E-state index in [0.717, 1.165) is 32.1 Å². The predicted molar refractivity (Wildman–Crippen MR) is 250 cm³/mol. The number of carbonyl (C=O) groups is 4. The van der Waals surface area contributed by atoms with Crippen molar-refractivity contribution in [2.24, 2.45) is 23.7 Å². The van der Waals surface area contributed by atoms with E-state index in [1.165, 1.54) is 0 Å². The van der Waals surface area contributed by atoms with Crippen molar-refractivity contribution in [2.45, 2.75) is 232 Å². The van der Waals surface area contributed by atoms with Gasteiger partial charge in [0.05, 0.1) is 23.8 Å². The van der Waals surface area contributed by atoms with Crippen LogP contribution in [0.5, 0.6) is 0 Å². The predicted octanol–water partition coefficient (Wildman–Crippen LogP) is 6.54. The molecule has 0 aromatic heterocycles. The second-order valence-electron chi connectivity index (χ2n) is 25.4. The van der Waals surface area contributed by atoms with Crippen molar-refractivity contribution in [3.63, 3.8) is 0 Å². The molecular weight excluding hydrogens is 809 g/mol. The van der Waals surface area contributed by atoms with Gasteiger partial charge in [0.15, 0.2) is 0 Å². The molecule has 12 heteroatoms. The number of piperidine rings is 4. The van der Waals surface area contributed by atoms with Gasteiger partial charge < -0.3 is 29.3 Å². The molecule has 0 aromatic carbocycles. The highest BCUT2D eigenvalue weighted by Crippen LogP contribution is 2.48. The molecule has 4 aliphatic heterocycles. The summed E-state index contributed by atoms with van der Waals surface area (Å²) in [6.07, 6.45) is 10.4. The Kier molecular flexibility index (Phi) is 15.4. The van der Waals surface area contributed by atoms with Gasteiger partial charge in [-0.05, 0) is 200 Å². The van der Waals surface area contributed by atoms with Gasteiger partial charge in [-0.1, -0.05) is 12.2 Å². The molecule has 2 atom stereocenters. The first-order valence-electron chi connectivity index (χ1n) is 24.0. The molecule has 0 bridgehead atoms. The van der Waals surface area contributed by atoms with Crippen molar-refractivity contribution >= 4 is 23.9 Å². The maximum Gasteiger partial charge on any atom is 0.313 e. The molecule has 0 spiro atoms. The zero-order valence-corrected chi connectivity index (χ0v) is 43.7. The lowest BCUT2D eigenvalue weighted by Gasteiger charge is -2.56. The van der Waals surface area contributed by atoms with E-state index in [-0.39, 0.29) is 79.6 Å². The van der Waals surface area contributed by atoms with E-state index >= 15 is 0 Å². The molecule has 0 amide bonds. The van der Waals surface area contributed by atoms with Crippen molar-refractivity contribution in [3.05, 3.63) is 23.3 Å². The summed E-state index contributed by atoms with van der Waals surface area (Å²) in [5.74, 6) is -5.12. The van der Waals surface area contributed by atoms with Crippen LogP contribution in [0.4, 0.5) is 0 Å². The third kappa shape index (κ3) is 11.5. The van der Waals surface area contributed by atoms with Gasteiger partial charge in [0.2, 0.25) is 0 Å². The van der Waals surface area contributed by atoms with Gasteiger partial charge in [-0.15, -0.1) is 0 Å². The normalized spacial score (nSPS) is 30.0. The number of nitrogens with zero attached hydrogens (tertiary/aromatic N) is 4. The molecule has 5 rings (SSSR count). The number of rotatable bonds is 8. The number of ether oxygens (including phenoxy) is 2. The average molecular weight is 897 g/mol. The number of esters is 2. The van der Waals surface area contributed by atoms with Gasteiger partial charge >= 0.3 is 11.9 Å². The third-order valence-electron chi connectivity index (χ3n) is 17.3. The summed E-state index contributed by atoms with van der Waals surface area (Å²) in [7, 11) is 8.36. The van der Waals surface area contributed by atoms with Crippen LogP contribution >= 0.6 is 0 Å². The lowest BCUT2D eigenvalue weighted by molar-refractivity contribution is -0.305. The van der Waals surface area contributed by atoms with Gasteiger partial charge in [0.25, 0.3) is 0 Å². The molecule has 64 heavy (non-hydrogen) atoms. The van der Waals surface area contributed by atoms with Crippen LogP contribution in [0.25, 0.3) is 0 Å². The van der Waals surface area contributed by atoms with E-state index in [1.807, 2.05) is 26.2 Å². The summed E-state index contributed by atoms with van der Waals surface area (Å²) >= 11 is 0. The zero-order chi connectivity index (χ0) is 49.1. The summed E-state index contributed by atoms with van der Waals surface area (Å²) in [6.45, 7) is 34.2. The van der Waals surface area contributed by atoms with Crippen LogP contribution in [0.1, 0.15) is 175 Å². The molecule has 0 saturated carbocycles. The summed E-state index contributed by atoms with van der Waals surface area (Å²) < 4.78 is 12.2. The largest absolute Gasteiger partial charge is 0.545 e. The fourth-order valence-electron chi connectivity index (χ4n) is 12.7. The first kappa shape index (κ1) is 53.8. The molecule has 4 saturated heterocycles. The molecule has 366 valence electrons. The highest BCUT2D eigenvalue weighted by Gasteiger charge is 2.50. The molecular formula is C52H88N4O8-2. The van der Waals surface area contributed by atoms with E-state index in [9.17, 15) is 29.4 Å². The fraction of sp³-hybridized carbons (Fsp3) is 0.846. The van der Waals surface area contributed by atoms with Crippen LogP contribution in [0.15, 0.2) is 23.3 Å². The number of carboxylic acid groups (broad SMARTS) is 2. The topological polar surface area (TPSA) is 146 Å². The molecule has 12 nitrogen and oxygen atoms in total. The standard InChI is InChI=1S/C28H48N2O4.C24H42N2O4/c1-25(2)15-19(16-26(3,4)29(25)9)33-23(31)21-13-11-12-14-22(21)24(32)34-20-17-27(5,6)30(10)28(7,8)18-20;1-21(2)11-15(12-22(3,4)25(21)9)17(19(27)28)18(20(29)30)16-13-23(5,6)26(10)24(7,8)14-16/h11,13,19-22H,12,14-18H2,1-10H3;15-16H,11-14H2,1-10H3,(H,27,28)(H,29,30)/p-2/b;18-17+. The second-order valence-corrected chi connectivity index (χ2v) is 25.4. The second kappa shape index (κ2) is 18.4. The summed E-state index contributed by atoms with van der Waals surface area (Å²) in [5.41, 5.74) is -1.44. The van der Waals surface area contributed by atoms with E-state index in [2.05, 4.69) is 144 Å². The van der Waals surface area contributed by atoms with Gasteiger partial charge in [0, 0.05) is 70.0 Å². The molecule has 0 N–H and O–H groups in total. The molecule has 0 aromatic rings. The Balaban J connectivity index is 0.000000283. The SMILES string of the molecule is CN1C(C)(C)CC(/C(C(=O)[O-])=C(\C(=O)[O-])C2CC(C)(C)N(C)C(C)(C)C2)CC1(C)C.CN1C(C)(C)CC(OC(=O)C2C=CCCC2C(=O)OC2CC(C)(C)N(C)C(C)(C)C2)CC1(C)C. The molecule has 0 radical (unpaired) electrons. The Morgan fingerprint density at radius 2 is 0.719 bits per heavy atom. The van der Waals surface area contributed by atoms with E-state index in [4.69, 9.17) is 9.47 Å². The number of carbonyl (C=O) groups excluding carboxylic acids is 4. The zero-order valence-electron chi connectivity index (χ0n) is 43.7. The molecule has 4 heterocycles. The highest BCUT2D eigenvalue weighted by atomic mass is 16.6. The maximum absolute atomic E-state index is 13.3. The van der Waals surface area contributed by atoms with Crippen LogP contribution in [-0.4, -0.2) is 128 Å². The number of hydrogen-bond acceptors (Lipinski definition) is 12. The monoisotopic (exact) mass is 897 g/mol. The summed E-state index contributed by atoms with van der Waals surface area (Å²) in [4.78, 5) is 60.7. The van der Waals surface area contributed by atoms with Gasteiger partial charge in [0.1, 0.15) is 12.2 Å². The molecule has 4 fully saturated rings. The number of carboxylic acids is 2. The lowest BCUT2D eigenvalue weighted by Crippen LogP contribution is -2.60. The van der Waals surface area contributed by atoms with Crippen LogP contribution in [0, 0.1) is 23.7 Å². The van der Waals surface area contributed by atoms with Gasteiger partial charge in [-0.3, -0.25) is 29.2 Å². The van der Waals surface area contributed by atoms with Gasteiger partial charge in [-0.2, -0.15) is 0 Å². The maximum atomic E-state index is 13.3. The number of likely N-dealkylation sites (tertiary alicyclic amines) is 4. The quantitative estimate of drug-likeness (QED) is 0.148. The highest BCUT2D eigenvalue weighted by molar-refractivity contribution is 5.98. The minimum Gasteiger partial charge on any atom is -0.545 e. The Morgan fingerprint density at radius 1 is 0.453 bits per heavy atom. The third-order valence-corrected chi connectivity index (χ3v) is 17.3. The van der Waals surface area contributed by atoms with Crippen molar-refractivity contribution in [3.8, 4) is 0 Å². The van der Waals surface area contributed by atoms with Crippen LogP contribution < -0.4 is 10.2 Å². The average Bonchev–Trinajstić information content (AvgIpc) is 3.11. The Morgan fingerprint density at radius 3 is 1.00 bits per heavy atom. The summed E-state index contributed by atoms with van der Waals surface area (Å²) in [6, 6.07) is 0. The first-order valence-corrected chi connectivity index (χ1v) is 24.0. The van der Waals surface area contributed by atoms with E-state index < -0.39 is 35.6 Å². The van der Waals surface area contributed by atoms with Crippen LogP contribution in [0.2, 0.25) is 0 Å². The van der Waals surface area contributed by atoms with E-state index in [1.54, 1.807) is 0 Å². The van der Waals surface area contributed by atoms with Gasteiger partial charge in [-0.25, -0.2) is 0 Å². The van der Waals surface area contributed by atoms with Crippen molar-refractivity contribution in [2.75, 3.05) is 28.2 Å². The minimum atomic E-state index is -1.37. The van der Waals surface area contributed by atoms with Crippen molar-refractivity contribution in [1.82, 2.24) is 19.6 Å². The number of aliphatic carboxylic acids is 2. The smallest absolute Gasteiger partial charge is 0.313 e. The van der Waals surface area contributed by atoms with E-state index in [0.29, 0.717) is 32.1 Å². The lowest BCUT2D eigenvalue weighted by atomic mass is 9.66. The van der Waals surface area contributed by atoms with Crippen LogP contribution in [-0.2, 0) is 28.7 Å². The Bertz CT molecular complexity index is 1690. The van der Waals surface area contributed by atoms with Crippen LogP contribution in [0.3, 0.4) is 0 Å². The molecule has 1 aliphatic carbocycles. The Labute approximate surface area is 387 Å². The number of hydrogen-bond donors (Lipinski definition) is 0. The van der Waals surface area contributed by atoms with Crippen molar-refractivity contribution < 1.29 is 38.9 Å². The minimum absolute atomic E-state index is 0.0506. The Hall–Kier alpha value is -2.80. The summed E-state index contributed by atoms with van der Waals surface area (Å²) in [5, 5.41) is 24.8.